The summed E-state index contributed by atoms with van der Waals surface area (Å²) >= 11 is 4.61. The first kappa shape index (κ1) is 20.5. The second kappa shape index (κ2) is 8.87. The van der Waals surface area contributed by atoms with Gasteiger partial charge in [-0.2, -0.15) is 0 Å². The molecule has 1 saturated carbocycles. The number of nitrogens with one attached hydrogen (secondary N) is 1. The van der Waals surface area contributed by atoms with Gasteiger partial charge >= 0.3 is 11.9 Å². The zero-order valence-electron chi connectivity index (χ0n) is 15.2. The number of carboxylic acids is 1. The molecule has 1 fully saturated rings. The van der Waals surface area contributed by atoms with E-state index in [1.165, 1.54) is 18.4 Å². The number of carboxylic acid groups (broad SMARTS) is 1. The van der Waals surface area contributed by atoms with E-state index in [1.54, 1.807) is 5.38 Å². The number of esters is 1. The average Bonchev–Trinajstić information content (AvgIpc) is 3.11. The highest BCUT2D eigenvalue weighted by Gasteiger charge is 2.36. The fraction of sp³-hybridized carbons (Fsp3) is 0.350. The number of carbonyl (C=O) groups is 3. The van der Waals surface area contributed by atoms with Crippen LogP contribution in [0, 0.1) is 11.8 Å². The number of benzene rings is 1. The maximum absolute atomic E-state index is 12.8. The number of amides is 1. The number of anilines is 1. The lowest BCUT2D eigenvalue weighted by Gasteiger charge is -2.27. The average molecular weight is 466 g/mol. The Kier molecular flexibility index (Phi) is 6.51. The summed E-state index contributed by atoms with van der Waals surface area (Å²) < 4.78 is 5.83. The minimum atomic E-state index is -0.949. The Morgan fingerprint density at radius 1 is 1.14 bits per heavy atom. The van der Waals surface area contributed by atoms with E-state index in [4.69, 9.17) is 4.74 Å². The number of rotatable bonds is 5. The van der Waals surface area contributed by atoms with Crippen LogP contribution in [0.25, 0.3) is 11.1 Å². The highest BCUT2D eigenvalue weighted by atomic mass is 79.9. The third-order valence-electron chi connectivity index (χ3n) is 4.99. The van der Waals surface area contributed by atoms with Crippen LogP contribution >= 0.6 is 27.3 Å². The molecular formula is C20H20BrNO5S. The minimum Gasteiger partial charge on any atom is -0.481 e. The molecule has 8 heteroatoms. The molecule has 1 aliphatic rings. The van der Waals surface area contributed by atoms with Gasteiger partial charge in [-0.25, -0.2) is 4.79 Å². The predicted octanol–water partition coefficient (Wildman–Crippen LogP) is 4.79. The van der Waals surface area contributed by atoms with Crippen molar-refractivity contribution >= 4 is 50.1 Å². The number of thiophene rings is 1. The van der Waals surface area contributed by atoms with Gasteiger partial charge in [-0.05, 0) is 30.5 Å². The van der Waals surface area contributed by atoms with Crippen LogP contribution in [0.15, 0.2) is 34.1 Å². The van der Waals surface area contributed by atoms with Gasteiger partial charge in [0.05, 0.1) is 18.9 Å². The second-order valence-corrected chi connectivity index (χ2v) is 8.47. The Balaban J connectivity index is 1.91. The van der Waals surface area contributed by atoms with Crippen molar-refractivity contribution < 1.29 is 24.2 Å². The molecule has 0 radical (unpaired) electrons. The van der Waals surface area contributed by atoms with Crippen molar-refractivity contribution in [3.05, 3.63) is 39.7 Å². The van der Waals surface area contributed by atoms with Crippen LogP contribution in [0.5, 0.6) is 0 Å². The normalized spacial score (nSPS) is 19.1. The van der Waals surface area contributed by atoms with Crippen LogP contribution in [-0.2, 0) is 14.3 Å². The molecule has 1 aliphatic carbocycles. The molecule has 0 unspecified atom stereocenters. The highest BCUT2D eigenvalue weighted by molar-refractivity contribution is 9.10. The van der Waals surface area contributed by atoms with Crippen LogP contribution < -0.4 is 5.32 Å². The van der Waals surface area contributed by atoms with Gasteiger partial charge in [0.1, 0.15) is 10.6 Å². The molecule has 1 aromatic heterocycles. The number of aliphatic carboxylic acids is 1. The van der Waals surface area contributed by atoms with Crippen molar-refractivity contribution in [3.8, 4) is 11.1 Å². The van der Waals surface area contributed by atoms with Crippen molar-refractivity contribution in [2.24, 2.45) is 11.8 Å². The van der Waals surface area contributed by atoms with Crippen molar-refractivity contribution in [1.29, 1.82) is 0 Å². The topological polar surface area (TPSA) is 92.7 Å². The van der Waals surface area contributed by atoms with Crippen LogP contribution in [0.3, 0.4) is 0 Å². The first-order valence-corrected chi connectivity index (χ1v) is 10.6. The quantitative estimate of drug-likeness (QED) is 0.618. The molecule has 1 amide bonds. The van der Waals surface area contributed by atoms with Crippen molar-refractivity contribution in [3.63, 3.8) is 0 Å². The Morgan fingerprint density at radius 2 is 1.79 bits per heavy atom. The summed E-state index contributed by atoms with van der Waals surface area (Å²) in [5.41, 5.74) is 1.77. The summed E-state index contributed by atoms with van der Waals surface area (Å²) in [6, 6.07) is 7.47. The maximum atomic E-state index is 12.8. The standard InChI is InChI=1S/C20H20BrNO5S/c1-27-20(26)16-15(11-6-8-12(21)9-7-11)10-28-18(16)22-17(23)13-4-2-3-5-14(13)19(24)25/h6-10,13-14H,2-5H2,1H3,(H,22,23)(H,24,25)/t13-,14+/m1/s1. The lowest BCUT2D eigenvalue weighted by Crippen LogP contribution is -2.36. The number of methoxy groups -OCH3 is 1. The van der Waals surface area contributed by atoms with Crippen LogP contribution in [0.4, 0.5) is 5.00 Å². The van der Waals surface area contributed by atoms with Crippen LogP contribution in [0.1, 0.15) is 36.0 Å². The Labute approximate surface area is 175 Å². The molecular weight excluding hydrogens is 446 g/mol. The molecule has 3 rings (SSSR count). The predicted molar refractivity (Wildman–Crippen MR) is 111 cm³/mol. The number of hydrogen-bond acceptors (Lipinski definition) is 5. The summed E-state index contributed by atoms with van der Waals surface area (Å²) in [5, 5.41) is 14.4. The molecule has 1 heterocycles. The van der Waals surface area contributed by atoms with E-state index in [0.29, 0.717) is 23.4 Å². The van der Waals surface area contributed by atoms with Crippen molar-refractivity contribution in [2.75, 3.05) is 12.4 Å². The first-order valence-electron chi connectivity index (χ1n) is 8.91. The summed E-state index contributed by atoms with van der Waals surface area (Å²) in [6.07, 6.45) is 2.65. The van der Waals surface area contributed by atoms with Crippen molar-refractivity contribution in [1.82, 2.24) is 0 Å². The molecule has 0 saturated heterocycles. The molecule has 2 atom stereocenters. The minimum absolute atomic E-state index is 0.283. The summed E-state index contributed by atoms with van der Waals surface area (Å²) in [4.78, 5) is 36.7. The van der Waals surface area contributed by atoms with E-state index in [1.807, 2.05) is 24.3 Å². The smallest absolute Gasteiger partial charge is 0.341 e. The number of hydrogen-bond donors (Lipinski definition) is 2. The maximum Gasteiger partial charge on any atom is 0.341 e. The van der Waals surface area contributed by atoms with Gasteiger partial charge in [0.2, 0.25) is 5.91 Å². The Hall–Kier alpha value is -2.19. The van der Waals surface area contributed by atoms with E-state index in [-0.39, 0.29) is 11.5 Å². The lowest BCUT2D eigenvalue weighted by atomic mass is 9.79. The summed E-state index contributed by atoms with van der Waals surface area (Å²) in [5.74, 6) is -3.15. The zero-order valence-corrected chi connectivity index (χ0v) is 17.6. The van der Waals surface area contributed by atoms with Gasteiger partial charge in [-0.15, -0.1) is 11.3 Å². The Bertz CT molecular complexity index is 893. The Morgan fingerprint density at radius 3 is 2.39 bits per heavy atom. The number of halogens is 1. The van der Waals surface area contributed by atoms with Gasteiger partial charge in [-0.3, -0.25) is 9.59 Å². The van der Waals surface area contributed by atoms with Gasteiger partial charge in [0.15, 0.2) is 0 Å². The van der Waals surface area contributed by atoms with E-state index >= 15 is 0 Å². The summed E-state index contributed by atoms with van der Waals surface area (Å²) in [6.45, 7) is 0. The number of carbonyl (C=O) groups excluding carboxylic acids is 2. The fourth-order valence-electron chi connectivity index (χ4n) is 3.54. The van der Waals surface area contributed by atoms with E-state index in [9.17, 15) is 19.5 Å². The highest BCUT2D eigenvalue weighted by Crippen LogP contribution is 2.38. The first-order chi connectivity index (χ1) is 13.4. The van der Waals surface area contributed by atoms with E-state index in [0.717, 1.165) is 22.9 Å². The molecule has 148 valence electrons. The summed E-state index contributed by atoms with van der Waals surface area (Å²) in [7, 11) is 1.29. The van der Waals surface area contributed by atoms with Crippen LogP contribution in [-0.4, -0.2) is 30.1 Å². The molecule has 6 nitrogen and oxygen atoms in total. The SMILES string of the molecule is COC(=O)c1c(-c2ccc(Br)cc2)csc1NC(=O)[C@@H]1CCCC[C@@H]1C(=O)O. The third kappa shape index (κ3) is 4.28. The molecule has 0 bridgehead atoms. The van der Waals surface area contributed by atoms with Gasteiger partial charge < -0.3 is 15.2 Å². The molecule has 28 heavy (non-hydrogen) atoms. The monoisotopic (exact) mass is 465 g/mol. The fourth-order valence-corrected chi connectivity index (χ4v) is 4.77. The van der Waals surface area contributed by atoms with Gasteiger partial charge in [0, 0.05) is 15.4 Å². The molecule has 0 aliphatic heterocycles. The second-order valence-electron chi connectivity index (χ2n) is 6.68. The van der Waals surface area contributed by atoms with Crippen LogP contribution in [0.2, 0.25) is 0 Å². The molecule has 2 N–H and O–H groups in total. The zero-order chi connectivity index (χ0) is 20.3. The molecule has 2 aromatic rings. The van der Waals surface area contributed by atoms with E-state index in [2.05, 4.69) is 21.2 Å². The largest absolute Gasteiger partial charge is 0.481 e. The number of ether oxygens (including phenoxy) is 1. The third-order valence-corrected chi connectivity index (χ3v) is 6.42. The molecule has 0 spiro atoms. The molecule has 1 aromatic carbocycles. The van der Waals surface area contributed by atoms with Gasteiger partial charge in [-0.1, -0.05) is 40.9 Å². The van der Waals surface area contributed by atoms with Gasteiger partial charge in [0.25, 0.3) is 0 Å². The van der Waals surface area contributed by atoms with E-state index < -0.39 is 23.8 Å². The van der Waals surface area contributed by atoms with Crippen molar-refractivity contribution in [2.45, 2.75) is 25.7 Å². The lowest BCUT2D eigenvalue weighted by molar-refractivity contribution is -0.147.